The molecule has 0 bridgehead atoms. The summed E-state index contributed by atoms with van der Waals surface area (Å²) in [5.74, 6) is 0.356. The zero-order chi connectivity index (χ0) is 15.4. The molecule has 3 atom stereocenters. The molecule has 2 heterocycles. The minimum Gasteiger partial charge on any atom is -0.393 e. The third-order valence-electron chi connectivity index (χ3n) is 4.12. The van der Waals surface area contributed by atoms with Crippen LogP contribution in [-0.2, 0) is 14.2 Å². The molecule has 0 amide bonds. The topological polar surface area (TPSA) is 47.9 Å². The molecule has 0 aromatic carbocycles. The minimum atomic E-state index is -0.170. The van der Waals surface area contributed by atoms with Gasteiger partial charge in [0.15, 0.2) is 0 Å². The highest BCUT2D eigenvalue weighted by Crippen LogP contribution is 2.31. The monoisotopic (exact) mass is 288 g/mol. The molecule has 0 aromatic rings. The molecule has 0 aliphatic carbocycles. The number of ether oxygens (including phenoxy) is 3. The lowest BCUT2D eigenvalue weighted by molar-refractivity contribution is 0.0261. The van der Waals surface area contributed by atoms with E-state index in [1.807, 2.05) is 6.92 Å². The van der Waals surface area contributed by atoms with Crippen molar-refractivity contribution in [3.63, 3.8) is 0 Å². The van der Waals surface area contributed by atoms with Crippen molar-refractivity contribution in [1.29, 1.82) is 0 Å². The van der Waals surface area contributed by atoms with Gasteiger partial charge in [0.05, 0.1) is 36.6 Å². The van der Waals surface area contributed by atoms with Crippen LogP contribution in [0, 0.1) is 5.92 Å². The van der Waals surface area contributed by atoms with E-state index in [1.165, 1.54) is 0 Å². The fourth-order valence-electron chi connectivity index (χ4n) is 2.80. The van der Waals surface area contributed by atoms with Gasteiger partial charge in [-0.25, -0.2) is 0 Å². The van der Waals surface area contributed by atoms with Crippen molar-refractivity contribution in [2.75, 3.05) is 20.3 Å². The molecule has 2 rings (SSSR count). The van der Waals surface area contributed by atoms with E-state index in [-0.39, 0.29) is 17.3 Å². The number of hydrogen-bond donors (Lipinski definition) is 1. The highest BCUT2D eigenvalue weighted by molar-refractivity contribution is 4.84. The van der Waals surface area contributed by atoms with Crippen LogP contribution in [0.3, 0.4) is 0 Å². The van der Waals surface area contributed by atoms with Crippen LogP contribution in [0.4, 0.5) is 0 Å². The predicted molar refractivity (Wildman–Crippen MR) is 79.9 cm³/mol. The SMILES string of the molecule is CCC(O)[C@H]1COC(C)(C)C1.CO[C@H]1COC(C)(C)C1. The van der Waals surface area contributed by atoms with Gasteiger partial charge in [-0.1, -0.05) is 6.92 Å². The molecule has 1 unspecified atom stereocenters. The Morgan fingerprint density at radius 3 is 1.95 bits per heavy atom. The second-order valence-corrected chi connectivity index (χ2v) is 7.14. The Labute approximate surface area is 123 Å². The van der Waals surface area contributed by atoms with Gasteiger partial charge in [-0.3, -0.25) is 0 Å². The van der Waals surface area contributed by atoms with Crippen molar-refractivity contribution >= 4 is 0 Å². The van der Waals surface area contributed by atoms with E-state index >= 15 is 0 Å². The van der Waals surface area contributed by atoms with Crippen molar-refractivity contribution in [3.05, 3.63) is 0 Å². The Balaban J connectivity index is 0.000000204. The Hall–Kier alpha value is -0.160. The van der Waals surface area contributed by atoms with Crippen molar-refractivity contribution in [2.24, 2.45) is 5.92 Å². The smallest absolute Gasteiger partial charge is 0.0832 e. The van der Waals surface area contributed by atoms with Crippen LogP contribution in [0.1, 0.15) is 53.9 Å². The predicted octanol–water partition coefficient (Wildman–Crippen LogP) is 2.77. The van der Waals surface area contributed by atoms with Crippen LogP contribution < -0.4 is 0 Å². The highest BCUT2D eigenvalue weighted by atomic mass is 16.6. The molecule has 4 heteroatoms. The third-order valence-corrected chi connectivity index (χ3v) is 4.12. The first-order chi connectivity index (χ1) is 9.19. The normalized spacial score (nSPS) is 32.5. The number of methoxy groups -OCH3 is 1. The largest absolute Gasteiger partial charge is 0.393 e. The lowest BCUT2D eigenvalue weighted by Crippen LogP contribution is -2.21. The summed E-state index contributed by atoms with van der Waals surface area (Å²) in [5.41, 5.74) is 0.0293. The summed E-state index contributed by atoms with van der Waals surface area (Å²) in [6.45, 7) is 11.8. The van der Waals surface area contributed by atoms with Crippen molar-refractivity contribution in [2.45, 2.75) is 77.3 Å². The van der Waals surface area contributed by atoms with Crippen LogP contribution in [0.5, 0.6) is 0 Å². The van der Waals surface area contributed by atoms with E-state index in [9.17, 15) is 5.11 Å². The Morgan fingerprint density at radius 1 is 1.10 bits per heavy atom. The molecule has 20 heavy (non-hydrogen) atoms. The fraction of sp³-hybridized carbons (Fsp3) is 1.00. The summed E-state index contributed by atoms with van der Waals surface area (Å²) >= 11 is 0. The number of rotatable bonds is 3. The average Bonchev–Trinajstić information content (AvgIpc) is 2.91. The summed E-state index contributed by atoms with van der Waals surface area (Å²) in [6, 6.07) is 0. The van der Waals surface area contributed by atoms with Gasteiger partial charge in [-0.2, -0.15) is 0 Å². The van der Waals surface area contributed by atoms with Crippen LogP contribution in [0.25, 0.3) is 0 Å². The molecule has 2 fully saturated rings. The van der Waals surface area contributed by atoms with Crippen LogP contribution in [0.2, 0.25) is 0 Å². The molecule has 2 aliphatic heterocycles. The fourth-order valence-corrected chi connectivity index (χ4v) is 2.80. The molecule has 0 radical (unpaired) electrons. The van der Waals surface area contributed by atoms with Gasteiger partial charge >= 0.3 is 0 Å². The van der Waals surface area contributed by atoms with Crippen LogP contribution in [-0.4, -0.2) is 48.8 Å². The molecule has 0 saturated carbocycles. The molecule has 2 aliphatic rings. The van der Waals surface area contributed by atoms with E-state index in [4.69, 9.17) is 14.2 Å². The first-order valence-corrected chi connectivity index (χ1v) is 7.68. The second-order valence-electron chi connectivity index (χ2n) is 7.14. The van der Waals surface area contributed by atoms with Gasteiger partial charge in [0, 0.05) is 19.4 Å². The number of aliphatic hydroxyl groups is 1. The molecule has 0 spiro atoms. The van der Waals surface area contributed by atoms with Crippen molar-refractivity contribution < 1.29 is 19.3 Å². The zero-order valence-corrected chi connectivity index (χ0v) is 13.9. The number of aliphatic hydroxyl groups excluding tert-OH is 1. The molecule has 1 N–H and O–H groups in total. The summed E-state index contributed by atoms with van der Waals surface area (Å²) in [7, 11) is 1.73. The standard InChI is InChI=1S/C9H18O2.C7H14O2/c1-4-8(10)7-5-9(2,3)11-6-7;1-7(2)4-6(8-3)5-9-7/h7-8,10H,4-6H2,1-3H3;6H,4-5H2,1-3H3/t7-,8?;6-/m11/s1. The second kappa shape index (κ2) is 7.21. The Morgan fingerprint density at radius 2 is 1.65 bits per heavy atom. The third kappa shape index (κ3) is 5.68. The molecular formula is C16H32O4. The van der Waals surface area contributed by atoms with E-state index < -0.39 is 0 Å². The van der Waals surface area contributed by atoms with Gasteiger partial charge < -0.3 is 19.3 Å². The van der Waals surface area contributed by atoms with Gasteiger partial charge in [0.2, 0.25) is 0 Å². The summed E-state index contributed by atoms with van der Waals surface area (Å²) < 4.78 is 16.1. The van der Waals surface area contributed by atoms with Crippen LogP contribution in [0.15, 0.2) is 0 Å². The quantitative estimate of drug-likeness (QED) is 0.867. The maximum absolute atomic E-state index is 9.51. The van der Waals surface area contributed by atoms with Gasteiger partial charge in [0.1, 0.15) is 0 Å². The minimum absolute atomic E-state index is 0.0131. The lowest BCUT2D eigenvalue weighted by Gasteiger charge is -2.17. The molecule has 0 aromatic heterocycles. The summed E-state index contributed by atoms with van der Waals surface area (Å²) in [6.07, 6.45) is 2.99. The lowest BCUT2D eigenvalue weighted by atomic mass is 9.92. The molecule has 2 saturated heterocycles. The molecular weight excluding hydrogens is 256 g/mol. The van der Waals surface area contributed by atoms with Gasteiger partial charge in [0.25, 0.3) is 0 Å². The van der Waals surface area contributed by atoms with Crippen molar-refractivity contribution in [3.8, 4) is 0 Å². The Kier molecular flexibility index (Phi) is 6.45. The van der Waals surface area contributed by atoms with Gasteiger partial charge in [-0.05, 0) is 40.5 Å². The average molecular weight is 288 g/mol. The first-order valence-electron chi connectivity index (χ1n) is 7.68. The molecule has 4 nitrogen and oxygen atoms in total. The maximum Gasteiger partial charge on any atom is 0.0832 e. The Bertz CT molecular complexity index is 288. The number of hydrogen-bond acceptors (Lipinski definition) is 4. The van der Waals surface area contributed by atoms with E-state index in [0.717, 1.165) is 32.5 Å². The van der Waals surface area contributed by atoms with Crippen molar-refractivity contribution in [1.82, 2.24) is 0 Å². The van der Waals surface area contributed by atoms with E-state index in [1.54, 1.807) is 7.11 Å². The maximum atomic E-state index is 9.51. The zero-order valence-electron chi connectivity index (χ0n) is 13.9. The molecule has 120 valence electrons. The first kappa shape index (κ1) is 17.9. The van der Waals surface area contributed by atoms with E-state index in [0.29, 0.717) is 12.0 Å². The van der Waals surface area contributed by atoms with E-state index in [2.05, 4.69) is 27.7 Å². The highest BCUT2D eigenvalue weighted by Gasteiger charge is 2.35. The summed E-state index contributed by atoms with van der Waals surface area (Å²) in [4.78, 5) is 0. The summed E-state index contributed by atoms with van der Waals surface area (Å²) in [5, 5.41) is 9.51. The van der Waals surface area contributed by atoms with Gasteiger partial charge in [-0.15, -0.1) is 0 Å². The van der Waals surface area contributed by atoms with Crippen LogP contribution >= 0.6 is 0 Å².